The summed E-state index contributed by atoms with van der Waals surface area (Å²) in [6, 6.07) is 26.1. The summed E-state index contributed by atoms with van der Waals surface area (Å²) in [4.78, 5) is 1.03. The number of thioether (sulfide) groups is 1. The number of ether oxygens (including phenoxy) is 1. The Morgan fingerprint density at radius 3 is 1.84 bits per heavy atom. The van der Waals surface area contributed by atoms with Crippen molar-refractivity contribution in [2.45, 2.75) is 50.5 Å². The van der Waals surface area contributed by atoms with Crippen LogP contribution in [0.15, 0.2) is 108 Å². The fourth-order valence-electron chi connectivity index (χ4n) is 5.18. The molecule has 0 fully saturated rings. The number of hydrogen-bond donors (Lipinski definition) is 0. The number of rotatable bonds is 12. The van der Waals surface area contributed by atoms with Crippen LogP contribution < -0.4 is 4.74 Å². The van der Waals surface area contributed by atoms with Crippen molar-refractivity contribution in [2.75, 3.05) is 5.75 Å². The van der Waals surface area contributed by atoms with Crippen LogP contribution in [0, 0.1) is 17.5 Å². The number of hydrogen-bond acceptors (Lipinski definition) is 2. The molecule has 0 spiro atoms. The van der Waals surface area contributed by atoms with Crippen molar-refractivity contribution in [1.82, 2.24) is 0 Å². The third kappa shape index (κ3) is 7.77. The van der Waals surface area contributed by atoms with Crippen LogP contribution in [-0.4, -0.2) is 5.75 Å². The first-order valence-electron chi connectivity index (χ1n) is 15.0. The van der Waals surface area contributed by atoms with Crippen LogP contribution in [0.1, 0.15) is 44.2 Å². The molecule has 1 nitrogen and oxygen atoms in total. The van der Waals surface area contributed by atoms with E-state index in [4.69, 9.17) is 4.74 Å². The number of halogens is 5. The first-order chi connectivity index (χ1) is 21.7. The highest BCUT2D eigenvalue weighted by Gasteiger charge is 2.38. The highest BCUT2D eigenvalue weighted by Crippen LogP contribution is 2.37. The molecule has 232 valence electrons. The third-order valence-electron chi connectivity index (χ3n) is 7.58. The van der Waals surface area contributed by atoms with Gasteiger partial charge in [0.2, 0.25) is 0 Å². The predicted molar refractivity (Wildman–Crippen MR) is 173 cm³/mol. The van der Waals surface area contributed by atoms with Crippen LogP contribution >= 0.6 is 11.8 Å². The molecule has 5 rings (SSSR count). The molecule has 0 saturated carbocycles. The zero-order chi connectivity index (χ0) is 32.0. The summed E-state index contributed by atoms with van der Waals surface area (Å²) >= 11 is 1.65. The maximum Gasteiger partial charge on any atom is 0.429 e. The molecule has 0 bridgehead atoms. The molecular weight excluding hydrogens is 599 g/mol. The normalized spacial score (nSPS) is 11.5. The van der Waals surface area contributed by atoms with E-state index < -0.39 is 34.9 Å². The molecule has 0 atom stereocenters. The zero-order valence-corrected chi connectivity index (χ0v) is 25.9. The van der Waals surface area contributed by atoms with Crippen LogP contribution in [0.25, 0.3) is 33.4 Å². The minimum Gasteiger partial charge on any atom is -0.429 e. The molecule has 0 heterocycles. The van der Waals surface area contributed by atoms with Crippen molar-refractivity contribution >= 4 is 11.8 Å². The van der Waals surface area contributed by atoms with E-state index in [1.807, 2.05) is 43.3 Å². The van der Waals surface area contributed by atoms with Gasteiger partial charge >= 0.3 is 6.11 Å². The smallest absolute Gasteiger partial charge is 0.429 e. The van der Waals surface area contributed by atoms with Crippen LogP contribution in [0.2, 0.25) is 0 Å². The maximum atomic E-state index is 15.2. The summed E-state index contributed by atoms with van der Waals surface area (Å²) in [6.07, 6.45) is 0.316. The molecular formula is C38H33F5OS. The number of alkyl halides is 2. The van der Waals surface area contributed by atoms with Gasteiger partial charge in [0.05, 0.1) is 5.56 Å². The molecule has 0 aliphatic heterocycles. The average molecular weight is 633 g/mol. The van der Waals surface area contributed by atoms with E-state index in [-0.39, 0.29) is 16.7 Å². The summed E-state index contributed by atoms with van der Waals surface area (Å²) in [7, 11) is 0. The van der Waals surface area contributed by atoms with E-state index in [1.165, 1.54) is 42.3 Å². The van der Waals surface area contributed by atoms with E-state index in [1.54, 1.807) is 30.0 Å². The average Bonchev–Trinajstić information content (AvgIpc) is 3.02. The van der Waals surface area contributed by atoms with Crippen molar-refractivity contribution < 1.29 is 26.7 Å². The molecule has 0 unspecified atom stereocenters. The Hall–Kier alpha value is -4.10. The van der Waals surface area contributed by atoms with Crippen molar-refractivity contribution in [3.05, 3.63) is 132 Å². The zero-order valence-electron chi connectivity index (χ0n) is 25.1. The van der Waals surface area contributed by atoms with Crippen molar-refractivity contribution in [1.29, 1.82) is 0 Å². The van der Waals surface area contributed by atoms with Gasteiger partial charge < -0.3 is 4.74 Å². The van der Waals surface area contributed by atoms with Gasteiger partial charge in [0.25, 0.3) is 0 Å². The lowest BCUT2D eigenvalue weighted by molar-refractivity contribution is -0.187. The second kappa shape index (κ2) is 14.3. The van der Waals surface area contributed by atoms with E-state index >= 15 is 17.6 Å². The maximum absolute atomic E-state index is 15.2. The molecule has 0 N–H and O–H groups in total. The fourth-order valence-corrected chi connectivity index (χ4v) is 5.85. The minimum absolute atomic E-state index is 0.0728. The molecule has 0 aliphatic rings. The molecule has 5 aromatic rings. The lowest BCUT2D eigenvalue weighted by atomic mass is 9.97. The highest BCUT2D eigenvalue weighted by molar-refractivity contribution is 7.99. The minimum atomic E-state index is -4.11. The van der Waals surface area contributed by atoms with Gasteiger partial charge in [0.1, 0.15) is 23.2 Å². The van der Waals surface area contributed by atoms with Crippen LogP contribution in [-0.2, 0) is 12.5 Å². The van der Waals surface area contributed by atoms with Gasteiger partial charge in [-0.2, -0.15) is 8.78 Å². The Morgan fingerprint density at radius 2 is 1.20 bits per heavy atom. The van der Waals surface area contributed by atoms with E-state index in [9.17, 15) is 4.39 Å². The monoisotopic (exact) mass is 632 g/mol. The Kier molecular flexibility index (Phi) is 10.3. The van der Waals surface area contributed by atoms with Gasteiger partial charge in [-0.15, -0.1) is 11.8 Å². The molecule has 45 heavy (non-hydrogen) atoms. The fraction of sp³-hybridized carbons (Fsp3) is 0.211. The van der Waals surface area contributed by atoms with Crippen molar-refractivity contribution in [3.63, 3.8) is 0 Å². The van der Waals surface area contributed by atoms with Gasteiger partial charge in [-0.1, -0.05) is 81.3 Å². The topological polar surface area (TPSA) is 9.23 Å². The lowest BCUT2D eigenvalue weighted by Crippen LogP contribution is -2.23. The summed E-state index contributed by atoms with van der Waals surface area (Å²) in [5.41, 5.74) is 2.65. The summed E-state index contributed by atoms with van der Waals surface area (Å²) in [5.74, 6) is -2.20. The predicted octanol–water partition coefficient (Wildman–Crippen LogP) is 12.1. The van der Waals surface area contributed by atoms with Crippen molar-refractivity contribution in [2.24, 2.45) is 0 Å². The highest BCUT2D eigenvalue weighted by atomic mass is 32.2. The number of aryl methyl sites for hydroxylation is 1. The SMILES string of the molecule is CCCCCc1ccc(-c2ccc(-c3ccc(C(F)(F)Oc4ccc(-c5ccc(SCC)cc5)c(F)c4)c(F)c3)c(F)c2)cc1. The molecule has 0 amide bonds. The number of unbranched alkanes of at least 4 members (excludes halogenated alkanes) is 2. The molecule has 0 radical (unpaired) electrons. The second-order valence-corrected chi connectivity index (χ2v) is 12.1. The second-order valence-electron chi connectivity index (χ2n) is 10.8. The van der Waals surface area contributed by atoms with E-state index in [2.05, 4.69) is 6.92 Å². The Morgan fingerprint density at radius 1 is 0.600 bits per heavy atom. The largest absolute Gasteiger partial charge is 0.429 e. The van der Waals surface area contributed by atoms with Crippen LogP contribution in [0.3, 0.4) is 0 Å². The summed E-state index contributed by atoms with van der Waals surface area (Å²) in [5, 5.41) is 0. The first kappa shape index (κ1) is 32.3. The Balaban J connectivity index is 1.30. The van der Waals surface area contributed by atoms with Gasteiger partial charge in [0, 0.05) is 22.1 Å². The van der Waals surface area contributed by atoms with Gasteiger partial charge in [-0.05, 0) is 88.9 Å². The molecule has 7 heteroatoms. The van der Waals surface area contributed by atoms with Crippen molar-refractivity contribution in [3.8, 4) is 39.1 Å². The van der Waals surface area contributed by atoms with Gasteiger partial charge in [-0.25, -0.2) is 13.2 Å². The van der Waals surface area contributed by atoms with E-state index in [0.29, 0.717) is 11.1 Å². The molecule has 0 aliphatic carbocycles. The first-order valence-corrected chi connectivity index (χ1v) is 16.0. The number of benzene rings is 5. The third-order valence-corrected chi connectivity index (χ3v) is 8.48. The Labute approximate surface area is 265 Å². The van der Waals surface area contributed by atoms with Gasteiger partial charge in [-0.3, -0.25) is 0 Å². The van der Waals surface area contributed by atoms with E-state index in [0.717, 1.165) is 53.7 Å². The molecule has 0 aromatic heterocycles. The molecule has 5 aromatic carbocycles. The van der Waals surface area contributed by atoms with Crippen LogP contribution in [0.4, 0.5) is 22.0 Å². The summed E-state index contributed by atoms with van der Waals surface area (Å²) < 4.78 is 80.1. The Bertz CT molecular complexity index is 1750. The molecule has 0 saturated heterocycles. The standard InChI is InChI=1S/C38H33F5OS/c1-3-5-6-7-25-8-10-26(11-9-25)28-14-19-33(35(39)22-28)29-15-21-34(37(41)23-29)38(42,43)44-30-16-20-32(36(40)24-30)27-12-17-31(18-13-27)45-4-2/h8-24H,3-7H2,1-2H3. The van der Waals surface area contributed by atoms with Crippen LogP contribution in [0.5, 0.6) is 5.75 Å². The lowest BCUT2D eigenvalue weighted by Gasteiger charge is -2.20. The summed E-state index contributed by atoms with van der Waals surface area (Å²) in [6.45, 7) is 4.19. The van der Waals surface area contributed by atoms with Gasteiger partial charge in [0.15, 0.2) is 0 Å². The quantitative estimate of drug-likeness (QED) is 0.0769.